The van der Waals surface area contributed by atoms with Crippen LogP contribution in [0.15, 0.2) is 29.3 Å². The third kappa shape index (κ3) is 3.21. The molecule has 2 unspecified atom stereocenters. The van der Waals surface area contributed by atoms with Crippen molar-refractivity contribution < 1.29 is 4.74 Å². The molecule has 1 fully saturated rings. The summed E-state index contributed by atoms with van der Waals surface area (Å²) in [5, 5.41) is 3.52. The second-order valence-electron chi connectivity index (χ2n) is 6.14. The van der Waals surface area contributed by atoms with Gasteiger partial charge in [0.05, 0.1) is 6.61 Å². The maximum Gasteiger partial charge on any atom is 0.193 e. The summed E-state index contributed by atoms with van der Waals surface area (Å²) < 4.78 is 5.45. The van der Waals surface area contributed by atoms with E-state index in [4.69, 9.17) is 4.74 Å². The average Bonchev–Trinajstić information content (AvgIpc) is 2.96. The van der Waals surface area contributed by atoms with Crippen LogP contribution in [0.25, 0.3) is 0 Å². The van der Waals surface area contributed by atoms with Crippen LogP contribution in [0.4, 0.5) is 0 Å². The Kier molecular flexibility index (Phi) is 4.44. The highest BCUT2D eigenvalue weighted by Crippen LogP contribution is 2.33. The second-order valence-corrected chi connectivity index (χ2v) is 6.14. The average molecular weight is 287 g/mol. The molecule has 1 aliphatic carbocycles. The van der Waals surface area contributed by atoms with Crippen LogP contribution in [0.5, 0.6) is 0 Å². The van der Waals surface area contributed by atoms with Gasteiger partial charge in [-0.15, -0.1) is 0 Å². The Bertz CT molecular complexity index is 509. The molecule has 4 heteroatoms. The number of guanidine groups is 1. The fraction of sp³-hybridized carbons (Fsp3) is 0.588. The summed E-state index contributed by atoms with van der Waals surface area (Å²) in [4.78, 5) is 6.63. The van der Waals surface area contributed by atoms with Gasteiger partial charge >= 0.3 is 0 Å². The summed E-state index contributed by atoms with van der Waals surface area (Å²) in [6.07, 6.45) is 2.34. The van der Waals surface area contributed by atoms with E-state index >= 15 is 0 Å². The monoisotopic (exact) mass is 287 g/mol. The van der Waals surface area contributed by atoms with Crippen LogP contribution < -0.4 is 5.32 Å². The Morgan fingerprint density at radius 3 is 3.00 bits per heavy atom. The van der Waals surface area contributed by atoms with Crippen molar-refractivity contribution in [3.63, 3.8) is 0 Å². The summed E-state index contributed by atoms with van der Waals surface area (Å²) in [6, 6.07) is 8.73. The summed E-state index contributed by atoms with van der Waals surface area (Å²) in [5.74, 6) is 2.26. The Balaban J connectivity index is 1.49. The molecule has 1 N–H and O–H groups in total. The van der Waals surface area contributed by atoms with Crippen LogP contribution >= 0.6 is 0 Å². The zero-order chi connectivity index (χ0) is 14.7. The predicted molar refractivity (Wildman–Crippen MR) is 85.8 cm³/mol. The maximum atomic E-state index is 5.45. The molecule has 1 aliphatic heterocycles. The minimum Gasteiger partial charge on any atom is -0.381 e. The lowest BCUT2D eigenvalue weighted by molar-refractivity contribution is 0.181. The van der Waals surface area contributed by atoms with Crippen molar-refractivity contribution in [2.45, 2.75) is 18.8 Å². The van der Waals surface area contributed by atoms with Gasteiger partial charge in [-0.3, -0.25) is 4.99 Å². The van der Waals surface area contributed by atoms with Crippen molar-refractivity contribution in [1.82, 2.24) is 10.2 Å². The molecule has 0 saturated carbocycles. The van der Waals surface area contributed by atoms with Gasteiger partial charge in [0.25, 0.3) is 0 Å². The van der Waals surface area contributed by atoms with Crippen molar-refractivity contribution in [3.05, 3.63) is 35.4 Å². The molecule has 0 spiro atoms. The molecule has 0 amide bonds. The first-order valence-electron chi connectivity index (χ1n) is 7.85. The third-order valence-electron chi connectivity index (χ3n) is 4.60. The van der Waals surface area contributed by atoms with Gasteiger partial charge in [-0.25, -0.2) is 0 Å². The number of nitrogens with zero attached hydrogens (tertiary/aromatic N) is 2. The first-order chi connectivity index (χ1) is 10.3. The fourth-order valence-corrected chi connectivity index (χ4v) is 3.35. The molecule has 1 heterocycles. The van der Waals surface area contributed by atoms with Gasteiger partial charge in [0.15, 0.2) is 5.96 Å². The molecule has 2 atom stereocenters. The maximum absolute atomic E-state index is 5.45. The highest BCUT2D eigenvalue weighted by Gasteiger charge is 2.26. The highest BCUT2D eigenvalue weighted by molar-refractivity contribution is 5.79. The Labute approximate surface area is 127 Å². The van der Waals surface area contributed by atoms with Crippen LogP contribution in [0.1, 0.15) is 23.5 Å². The number of aliphatic imine (C=N–C) groups is 1. The molecule has 3 rings (SSSR count). The molecule has 1 aromatic carbocycles. The molecule has 0 radical (unpaired) electrons. The predicted octanol–water partition coefficient (Wildman–Crippen LogP) is 1.87. The van der Waals surface area contributed by atoms with Gasteiger partial charge in [0.2, 0.25) is 0 Å². The summed E-state index contributed by atoms with van der Waals surface area (Å²) in [6.45, 7) is 3.77. The van der Waals surface area contributed by atoms with E-state index in [-0.39, 0.29) is 0 Å². The lowest BCUT2D eigenvalue weighted by atomic mass is 9.78. The van der Waals surface area contributed by atoms with E-state index in [1.165, 1.54) is 17.5 Å². The van der Waals surface area contributed by atoms with Crippen molar-refractivity contribution >= 4 is 5.96 Å². The number of hydrogen-bond donors (Lipinski definition) is 1. The van der Waals surface area contributed by atoms with E-state index in [9.17, 15) is 0 Å². The summed E-state index contributed by atoms with van der Waals surface area (Å²) in [5.41, 5.74) is 2.99. The number of nitrogens with one attached hydrogen (secondary N) is 1. The quantitative estimate of drug-likeness (QED) is 0.678. The zero-order valence-electron chi connectivity index (χ0n) is 13.0. The molecule has 1 aromatic rings. The SMILES string of the molecule is CN=C(NCC1Cc2ccccc21)N(C)CC1CCOC1. The minimum absolute atomic E-state index is 0.626. The minimum atomic E-state index is 0.626. The van der Waals surface area contributed by atoms with Crippen LogP contribution in [-0.4, -0.2) is 51.3 Å². The zero-order valence-corrected chi connectivity index (χ0v) is 13.0. The molecule has 114 valence electrons. The summed E-state index contributed by atoms with van der Waals surface area (Å²) in [7, 11) is 3.97. The van der Waals surface area contributed by atoms with Crippen LogP contribution in [-0.2, 0) is 11.2 Å². The Morgan fingerprint density at radius 1 is 1.43 bits per heavy atom. The molecule has 4 nitrogen and oxygen atoms in total. The van der Waals surface area contributed by atoms with Crippen LogP contribution in [0.2, 0.25) is 0 Å². The molecule has 21 heavy (non-hydrogen) atoms. The lowest BCUT2D eigenvalue weighted by Crippen LogP contribution is -2.44. The largest absolute Gasteiger partial charge is 0.381 e. The first kappa shape index (κ1) is 14.4. The van der Waals surface area contributed by atoms with E-state index in [0.717, 1.165) is 38.7 Å². The lowest BCUT2D eigenvalue weighted by Gasteiger charge is -2.32. The number of ether oxygens (including phenoxy) is 1. The van der Waals surface area contributed by atoms with Crippen molar-refractivity contribution in [2.75, 3.05) is 40.4 Å². The number of hydrogen-bond acceptors (Lipinski definition) is 2. The van der Waals surface area contributed by atoms with Gasteiger partial charge in [-0.05, 0) is 24.0 Å². The van der Waals surface area contributed by atoms with E-state index in [1.807, 2.05) is 7.05 Å². The highest BCUT2D eigenvalue weighted by atomic mass is 16.5. The van der Waals surface area contributed by atoms with Gasteiger partial charge in [-0.2, -0.15) is 0 Å². The van der Waals surface area contributed by atoms with Crippen LogP contribution in [0.3, 0.4) is 0 Å². The molecule has 2 aliphatic rings. The topological polar surface area (TPSA) is 36.9 Å². The normalized spacial score (nSPS) is 24.4. The van der Waals surface area contributed by atoms with Gasteiger partial charge < -0.3 is 15.0 Å². The smallest absolute Gasteiger partial charge is 0.193 e. The van der Waals surface area contributed by atoms with Crippen molar-refractivity contribution in [1.29, 1.82) is 0 Å². The second kappa shape index (κ2) is 6.48. The van der Waals surface area contributed by atoms with E-state index in [1.54, 1.807) is 0 Å². The number of rotatable bonds is 4. The van der Waals surface area contributed by atoms with E-state index < -0.39 is 0 Å². The van der Waals surface area contributed by atoms with Crippen LogP contribution in [0, 0.1) is 5.92 Å². The molecular weight excluding hydrogens is 262 g/mol. The molecular formula is C17H25N3O. The Morgan fingerprint density at radius 2 is 2.29 bits per heavy atom. The summed E-state index contributed by atoms with van der Waals surface area (Å²) >= 11 is 0. The third-order valence-corrected chi connectivity index (χ3v) is 4.60. The Hall–Kier alpha value is -1.55. The van der Waals surface area contributed by atoms with Gasteiger partial charge in [-0.1, -0.05) is 24.3 Å². The van der Waals surface area contributed by atoms with E-state index in [2.05, 4.69) is 46.5 Å². The number of benzene rings is 1. The molecule has 0 aromatic heterocycles. The first-order valence-corrected chi connectivity index (χ1v) is 7.85. The van der Waals surface area contributed by atoms with E-state index in [0.29, 0.717) is 11.8 Å². The van der Waals surface area contributed by atoms with Crippen molar-refractivity contribution in [2.24, 2.45) is 10.9 Å². The fourth-order valence-electron chi connectivity index (χ4n) is 3.35. The standard InChI is InChI=1S/C17H25N3O/c1-18-17(20(2)11-13-7-8-21-12-13)19-10-15-9-14-5-3-4-6-16(14)15/h3-6,13,15H,7-12H2,1-2H3,(H,18,19). The van der Waals surface area contributed by atoms with Crippen molar-refractivity contribution in [3.8, 4) is 0 Å². The van der Waals surface area contributed by atoms with Gasteiger partial charge in [0, 0.05) is 45.6 Å². The molecule has 0 bridgehead atoms. The van der Waals surface area contributed by atoms with Gasteiger partial charge in [0.1, 0.15) is 0 Å². The number of fused-ring (bicyclic) bond motifs is 1. The molecule has 1 saturated heterocycles.